The van der Waals surface area contributed by atoms with Crippen molar-refractivity contribution in [2.24, 2.45) is 0 Å². The molecule has 0 bridgehead atoms. The van der Waals surface area contributed by atoms with E-state index in [1.807, 2.05) is 0 Å². The molecule has 0 unspecified atom stereocenters. The standard InChI is InChI=1S/C9H16O4/c1-3-4-5-12-9(6-10)7-13-8(2)11/h3,9-10H,1,4-7H2,2H3/t9-/m0/s1. The maximum Gasteiger partial charge on any atom is 0.302 e. The number of carbonyl (C=O) groups excluding carboxylic acids is 1. The predicted octanol–water partition coefficient (Wildman–Crippen LogP) is 0.503. The minimum atomic E-state index is -0.427. The zero-order chi connectivity index (χ0) is 10.1. The van der Waals surface area contributed by atoms with Crippen molar-refractivity contribution in [2.75, 3.05) is 19.8 Å². The Balaban J connectivity index is 3.50. The van der Waals surface area contributed by atoms with Crippen LogP contribution in [0.3, 0.4) is 0 Å². The van der Waals surface area contributed by atoms with Crippen LogP contribution in [0.25, 0.3) is 0 Å². The smallest absolute Gasteiger partial charge is 0.302 e. The SMILES string of the molecule is C=CCCO[C@@H](CO)COC(C)=O. The van der Waals surface area contributed by atoms with Crippen molar-refractivity contribution in [1.29, 1.82) is 0 Å². The molecule has 0 amide bonds. The van der Waals surface area contributed by atoms with Gasteiger partial charge < -0.3 is 14.6 Å². The molecule has 0 aliphatic heterocycles. The monoisotopic (exact) mass is 188 g/mol. The molecule has 76 valence electrons. The first kappa shape index (κ1) is 12.1. The fourth-order valence-corrected chi connectivity index (χ4v) is 0.682. The van der Waals surface area contributed by atoms with Crippen molar-refractivity contribution in [3.8, 4) is 0 Å². The Morgan fingerprint density at radius 2 is 2.38 bits per heavy atom. The molecule has 0 rings (SSSR count). The van der Waals surface area contributed by atoms with Crippen LogP contribution in [0.2, 0.25) is 0 Å². The minimum absolute atomic E-state index is 0.100. The molecule has 0 aromatic carbocycles. The molecule has 0 saturated carbocycles. The molecule has 0 aliphatic carbocycles. The third-order valence-electron chi connectivity index (χ3n) is 1.35. The van der Waals surface area contributed by atoms with Gasteiger partial charge in [0.2, 0.25) is 0 Å². The minimum Gasteiger partial charge on any atom is -0.463 e. The van der Waals surface area contributed by atoms with E-state index >= 15 is 0 Å². The van der Waals surface area contributed by atoms with Crippen molar-refractivity contribution >= 4 is 5.97 Å². The maximum absolute atomic E-state index is 10.4. The summed E-state index contributed by atoms with van der Waals surface area (Å²) in [4.78, 5) is 10.4. The molecule has 0 aliphatic rings. The highest BCUT2D eigenvalue weighted by Gasteiger charge is 2.08. The molecular formula is C9H16O4. The summed E-state index contributed by atoms with van der Waals surface area (Å²) >= 11 is 0. The quantitative estimate of drug-likeness (QED) is 0.359. The van der Waals surface area contributed by atoms with Gasteiger partial charge in [-0.2, -0.15) is 0 Å². The summed E-state index contributed by atoms with van der Waals surface area (Å²) in [6.45, 7) is 5.28. The second-order valence-corrected chi connectivity index (χ2v) is 2.56. The van der Waals surface area contributed by atoms with Crippen LogP contribution >= 0.6 is 0 Å². The Hall–Kier alpha value is -0.870. The van der Waals surface area contributed by atoms with Gasteiger partial charge in [0.25, 0.3) is 0 Å². The lowest BCUT2D eigenvalue weighted by Gasteiger charge is -2.14. The Kier molecular flexibility index (Phi) is 7.24. The van der Waals surface area contributed by atoms with Gasteiger partial charge in [-0.25, -0.2) is 0 Å². The number of aliphatic hydroxyl groups is 1. The van der Waals surface area contributed by atoms with E-state index in [-0.39, 0.29) is 19.2 Å². The van der Waals surface area contributed by atoms with Gasteiger partial charge in [0.1, 0.15) is 12.7 Å². The molecule has 0 aromatic rings. The number of hydrogen-bond donors (Lipinski definition) is 1. The average Bonchev–Trinajstić information content (AvgIpc) is 2.10. The van der Waals surface area contributed by atoms with Crippen LogP contribution in [0.15, 0.2) is 12.7 Å². The molecule has 4 heteroatoms. The van der Waals surface area contributed by atoms with E-state index in [0.29, 0.717) is 6.61 Å². The Bertz CT molecular complexity index is 156. The predicted molar refractivity (Wildman–Crippen MR) is 48.3 cm³/mol. The van der Waals surface area contributed by atoms with Gasteiger partial charge in [-0.3, -0.25) is 4.79 Å². The van der Waals surface area contributed by atoms with Gasteiger partial charge in [-0.15, -0.1) is 6.58 Å². The van der Waals surface area contributed by atoms with Gasteiger partial charge in [0.15, 0.2) is 0 Å². The number of esters is 1. The summed E-state index contributed by atoms with van der Waals surface area (Å²) in [5.41, 5.74) is 0. The van der Waals surface area contributed by atoms with E-state index in [0.717, 1.165) is 6.42 Å². The fraction of sp³-hybridized carbons (Fsp3) is 0.667. The molecular weight excluding hydrogens is 172 g/mol. The summed E-state index contributed by atoms with van der Waals surface area (Å²) in [5, 5.41) is 8.80. The number of hydrogen-bond acceptors (Lipinski definition) is 4. The van der Waals surface area contributed by atoms with E-state index in [1.54, 1.807) is 6.08 Å². The van der Waals surface area contributed by atoms with Gasteiger partial charge in [-0.1, -0.05) is 6.08 Å². The second kappa shape index (κ2) is 7.76. The van der Waals surface area contributed by atoms with Crippen LogP contribution in [0.1, 0.15) is 13.3 Å². The van der Waals surface area contributed by atoms with Crippen molar-refractivity contribution in [2.45, 2.75) is 19.4 Å². The first-order valence-corrected chi connectivity index (χ1v) is 4.17. The number of ether oxygens (including phenoxy) is 2. The highest BCUT2D eigenvalue weighted by molar-refractivity contribution is 5.65. The van der Waals surface area contributed by atoms with E-state index in [1.165, 1.54) is 6.92 Å². The Labute approximate surface area is 78.2 Å². The summed E-state index contributed by atoms with van der Waals surface area (Å²) in [6, 6.07) is 0. The van der Waals surface area contributed by atoms with E-state index in [9.17, 15) is 4.79 Å². The zero-order valence-corrected chi connectivity index (χ0v) is 7.86. The van der Waals surface area contributed by atoms with Crippen molar-refractivity contribution in [3.63, 3.8) is 0 Å². The van der Waals surface area contributed by atoms with E-state index in [4.69, 9.17) is 9.84 Å². The van der Waals surface area contributed by atoms with Gasteiger partial charge in [0, 0.05) is 6.92 Å². The van der Waals surface area contributed by atoms with Gasteiger partial charge in [-0.05, 0) is 6.42 Å². The first-order valence-electron chi connectivity index (χ1n) is 4.17. The Morgan fingerprint density at radius 1 is 1.69 bits per heavy atom. The molecule has 1 N–H and O–H groups in total. The largest absolute Gasteiger partial charge is 0.463 e. The summed E-state index contributed by atoms with van der Waals surface area (Å²) < 4.78 is 9.86. The van der Waals surface area contributed by atoms with Gasteiger partial charge >= 0.3 is 5.97 Å². The normalized spacial score (nSPS) is 12.2. The lowest BCUT2D eigenvalue weighted by molar-refractivity contribution is -0.146. The zero-order valence-electron chi connectivity index (χ0n) is 7.86. The van der Waals surface area contributed by atoms with Crippen LogP contribution in [0.5, 0.6) is 0 Å². The summed E-state index contributed by atoms with van der Waals surface area (Å²) in [5.74, 6) is -0.370. The lowest BCUT2D eigenvalue weighted by atomic mass is 10.4. The molecule has 0 saturated heterocycles. The average molecular weight is 188 g/mol. The molecule has 0 fully saturated rings. The highest BCUT2D eigenvalue weighted by Crippen LogP contribution is 1.95. The first-order chi connectivity index (χ1) is 6.20. The molecule has 0 spiro atoms. The lowest BCUT2D eigenvalue weighted by Crippen LogP contribution is -2.25. The molecule has 1 atom stereocenters. The van der Waals surface area contributed by atoms with Crippen LogP contribution < -0.4 is 0 Å². The molecule has 0 aromatic heterocycles. The van der Waals surface area contributed by atoms with E-state index in [2.05, 4.69) is 11.3 Å². The van der Waals surface area contributed by atoms with Gasteiger partial charge in [0.05, 0.1) is 13.2 Å². The summed E-state index contributed by atoms with van der Waals surface area (Å²) in [6.07, 6.45) is 2.01. The molecule has 0 radical (unpaired) electrons. The fourth-order valence-electron chi connectivity index (χ4n) is 0.682. The molecule has 0 heterocycles. The van der Waals surface area contributed by atoms with Crippen LogP contribution in [-0.4, -0.2) is 37.0 Å². The number of aliphatic hydroxyl groups excluding tert-OH is 1. The maximum atomic E-state index is 10.4. The second-order valence-electron chi connectivity index (χ2n) is 2.56. The van der Waals surface area contributed by atoms with Crippen molar-refractivity contribution in [1.82, 2.24) is 0 Å². The Morgan fingerprint density at radius 3 is 2.85 bits per heavy atom. The topological polar surface area (TPSA) is 55.8 Å². The van der Waals surface area contributed by atoms with Crippen molar-refractivity contribution < 1.29 is 19.4 Å². The number of carbonyl (C=O) groups is 1. The molecule has 13 heavy (non-hydrogen) atoms. The third kappa shape index (κ3) is 7.49. The molecule has 4 nitrogen and oxygen atoms in total. The number of rotatable bonds is 7. The van der Waals surface area contributed by atoms with Crippen LogP contribution in [-0.2, 0) is 14.3 Å². The van der Waals surface area contributed by atoms with Crippen LogP contribution in [0.4, 0.5) is 0 Å². The van der Waals surface area contributed by atoms with Crippen molar-refractivity contribution in [3.05, 3.63) is 12.7 Å². The van der Waals surface area contributed by atoms with E-state index < -0.39 is 6.10 Å². The van der Waals surface area contributed by atoms with Crippen LogP contribution in [0, 0.1) is 0 Å². The third-order valence-corrected chi connectivity index (χ3v) is 1.35. The summed E-state index contributed by atoms with van der Waals surface area (Å²) in [7, 11) is 0. The highest BCUT2D eigenvalue weighted by atomic mass is 16.6.